The molecule has 0 saturated carbocycles. The van der Waals surface area contributed by atoms with Crippen LogP contribution in [0.2, 0.25) is 5.02 Å². The van der Waals surface area contributed by atoms with Crippen LogP contribution in [0, 0.1) is 5.82 Å². The molecule has 2 unspecified atom stereocenters. The standard InChI is InChI=1S/C18H18ClFO/c19-14-9-8-13(17(20)11-14)10-18(21)16-7-3-5-12-4-1-2-6-15(12)16/h1-2,4,6,8-9,11,16,18,21H,3,5,7,10H2. The highest BCUT2D eigenvalue weighted by molar-refractivity contribution is 6.30. The van der Waals surface area contributed by atoms with Crippen molar-refractivity contribution in [1.82, 2.24) is 0 Å². The number of aryl methyl sites for hydroxylation is 1. The number of fused-ring (bicyclic) bond motifs is 1. The normalized spacial score (nSPS) is 19.1. The van der Waals surface area contributed by atoms with Crippen molar-refractivity contribution in [1.29, 1.82) is 0 Å². The maximum atomic E-state index is 13.9. The Balaban J connectivity index is 1.81. The van der Waals surface area contributed by atoms with Crippen LogP contribution in [0.4, 0.5) is 4.39 Å². The van der Waals surface area contributed by atoms with Gasteiger partial charge < -0.3 is 5.11 Å². The fourth-order valence-corrected chi connectivity index (χ4v) is 3.40. The van der Waals surface area contributed by atoms with Gasteiger partial charge in [-0.3, -0.25) is 0 Å². The molecule has 3 rings (SSSR count). The lowest BCUT2D eigenvalue weighted by atomic mass is 9.78. The maximum Gasteiger partial charge on any atom is 0.127 e. The monoisotopic (exact) mass is 304 g/mol. The van der Waals surface area contributed by atoms with Crippen molar-refractivity contribution >= 4 is 11.6 Å². The Bertz CT molecular complexity index is 641. The molecule has 0 spiro atoms. The van der Waals surface area contributed by atoms with E-state index in [-0.39, 0.29) is 11.7 Å². The van der Waals surface area contributed by atoms with Crippen molar-refractivity contribution in [2.24, 2.45) is 0 Å². The van der Waals surface area contributed by atoms with Crippen molar-refractivity contribution in [3.63, 3.8) is 0 Å². The quantitative estimate of drug-likeness (QED) is 0.885. The Morgan fingerprint density at radius 1 is 1.24 bits per heavy atom. The largest absolute Gasteiger partial charge is 0.392 e. The first-order chi connectivity index (χ1) is 10.1. The van der Waals surface area contributed by atoms with E-state index < -0.39 is 6.10 Å². The van der Waals surface area contributed by atoms with E-state index in [0.717, 1.165) is 19.3 Å². The summed E-state index contributed by atoms with van der Waals surface area (Å²) in [5.41, 5.74) is 3.05. The molecule has 0 aliphatic heterocycles. The molecule has 1 aliphatic rings. The zero-order valence-electron chi connectivity index (χ0n) is 11.7. The summed E-state index contributed by atoms with van der Waals surface area (Å²) in [5, 5.41) is 11.0. The third-order valence-corrected chi connectivity index (χ3v) is 4.56. The Kier molecular flexibility index (Phi) is 4.27. The summed E-state index contributed by atoms with van der Waals surface area (Å²) >= 11 is 5.77. The molecule has 1 N–H and O–H groups in total. The summed E-state index contributed by atoms with van der Waals surface area (Å²) in [4.78, 5) is 0. The highest BCUT2D eigenvalue weighted by atomic mass is 35.5. The highest BCUT2D eigenvalue weighted by Crippen LogP contribution is 2.35. The minimum Gasteiger partial charge on any atom is -0.392 e. The molecule has 0 saturated heterocycles. The van der Waals surface area contributed by atoms with E-state index in [9.17, 15) is 9.50 Å². The zero-order chi connectivity index (χ0) is 14.8. The van der Waals surface area contributed by atoms with E-state index in [2.05, 4.69) is 12.1 Å². The molecule has 0 radical (unpaired) electrons. The molecule has 0 amide bonds. The average molecular weight is 305 g/mol. The molecule has 0 aromatic heterocycles. The number of benzene rings is 2. The van der Waals surface area contributed by atoms with Crippen LogP contribution < -0.4 is 0 Å². The SMILES string of the molecule is OC(Cc1ccc(Cl)cc1F)C1CCCc2ccccc21. The predicted molar refractivity (Wildman–Crippen MR) is 83.2 cm³/mol. The van der Waals surface area contributed by atoms with Crippen molar-refractivity contribution in [3.8, 4) is 0 Å². The molecule has 1 nitrogen and oxygen atoms in total. The molecule has 2 atom stereocenters. The van der Waals surface area contributed by atoms with Gasteiger partial charge in [0.05, 0.1) is 6.10 Å². The van der Waals surface area contributed by atoms with E-state index >= 15 is 0 Å². The number of hydrogen-bond acceptors (Lipinski definition) is 1. The summed E-state index contributed by atoms with van der Waals surface area (Å²) in [6.45, 7) is 0. The lowest BCUT2D eigenvalue weighted by Crippen LogP contribution is -2.25. The number of aliphatic hydroxyl groups excluding tert-OH is 1. The van der Waals surface area contributed by atoms with Crippen LogP contribution in [0.15, 0.2) is 42.5 Å². The molecule has 0 bridgehead atoms. The average Bonchev–Trinajstić information content (AvgIpc) is 2.49. The third-order valence-electron chi connectivity index (χ3n) is 4.32. The summed E-state index contributed by atoms with van der Waals surface area (Å²) < 4.78 is 13.9. The van der Waals surface area contributed by atoms with Crippen LogP contribution in [0.1, 0.15) is 35.4 Å². The predicted octanol–water partition coefficient (Wildman–Crippen LogP) is 4.50. The Hall–Kier alpha value is -1.38. The van der Waals surface area contributed by atoms with E-state index in [1.165, 1.54) is 17.2 Å². The molecule has 0 heterocycles. The first-order valence-corrected chi connectivity index (χ1v) is 7.73. The maximum absolute atomic E-state index is 13.9. The van der Waals surface area contributed by atoms with E-state index in [0.29, 0.717) is 17.0 Å². The second-order valence-corrected chi connectivity index (χ2v) is 6.14. The summed E-state index contributed by atoms with van der Waals surface area (Å²) in [6, 6.07) is 12.9. The number of hydrogen-bond donors (Lipinski definition) is 1. The molecular weight excluding hydrogens is 287 g/mol. The van der Waals surface area contributed by atoms with Gasteiger partial charge in [0.15, 0.2) is 0 Å². The summed E-state index contributed by atoms with van der Waals surface area (Å²) in [6.07, 6.45) is 2.84. The van der Waals surface area contributed by atoms with Gasteiger partial charge in [0.2, 0.25) is 0 Å². The van der Waals surface area contributed by atoms with Gasteiger partial charge in [-0.2, -0.15) is 0 Å². The highest BCUT2D eigenvalue weighted by Gasteiger charge is 2.27. The van der Waals surface area contributed by atoms with Crippen molar-refractivity contribution in [3.05, 3.63) is 70.0 Å². The van der Waals surface area contributed by atoms with E-state index in [1.54, 1.807) is 12.1 Å². The van der Waals surface area contributed by atoms with Crippen molar-refractivity contribution < 1.29 is 9.50 Å². The molecule has 21 heavy (non-hydrogen) atoms. The van der Waals surface area contributed by atoms with Gasteiger partial charge in [-0.05, 0) is 48.1 Å². The second kappa shape index (κ2) is 6.17. The van der Waals surface area contributed by atoms with E-state index in [1.807, 2.05) is 12.1 Å². The molecule has 2 aromatic rings. The lowest BCUT2D eigenvalue weighted by molar-refractivity contribution is 0.133. The summed E-state index contributed by atoms with van der Waals surface area (Å²) in [7, 11) is 0. The zero-order valence-corrected chi connectivity index (χ0v) is 12.5. The van der Waals surface area contributed by atoms with Crippen LogP contribution in [0.5, 0.6) is 0 Å². The number of aliphatic hydroxyl groups is 1. The molecule has 110 valence electrons. The van der Waals surface area contributed by atoms with Gasteiger partial charge in [0, 0.05) is 17.4 Å². The smallest absolute Gasteiger partial charge is 0.127 e. The van der Waals surface area contributed by atoms with Crippen LogP contribution >= 0.6 is 11.6 Å². The van der Waals surface area contributed by atoms with Crippen LogP contribution in [-0.4, -0.2) is 11.2 Å². The first-order valence-electron chi connectivity index (χ1n) is 7.35. The van der Waals surface area contributed by atoms with Crippen molar-refractivity contribution in [2.45, 2.75) is 37.7 Å². The Morgan fingerprint density at radius 2 is 2.05 bits per heavy atom. The van der Waals surface area contributed by atoms with E-state index in [4.69, 9.17) is 11.6 Å². The Morgan fingerprint density at radius 3 is 2.86 bits per heavy atom. The fourth-order valence-electron chi connectivity index (χ4n) is 3.25. The van der Waals surface area contributed by atoms with Crippen molar-refractivity contribution in [2.75, 3.05) is 0 Å². The minimum atomic E-state index is -0.567. The topological polar surface area (TPSA) is 20.2 Å². The van der Waals surface area contributed by atoms with Gasteiger partial charge >= 0.3 is 0 Å². The molecule has 0 fully saturated rings. The number of rotatable bonds is 3. The molecule has 3 heteroatoms. The molecule has 1 aliphatic carbocycles. The molecule has 2 aromatic carbocycles. The molecular formula is C18H18ClFO. The fraction of sp³-hybridized carbons (Fsp3) is 0.333. The number of halogens is 2. The van der Waals surface area contributed by atoms with Gasteiger partial charge in [-0.15, -0.1) is 0 Å². The third kappa shape index (κ3) is 3.12. The van der Waals surface area contributed by atoms with Crippen LogP contribution in [0.25, 0.3) is 0 Å². The van der Waals surface area contributed by atoms with Gasteiger partial charge in [-0.25, -0.2) is 4.39 Å². The van der Waals surface area contributed by atoms with Crippen LogP contribution in [0.3, 0.4) is 0 Å². The Labute approximate surface area is 129 Å². The van der Waals surface area contributed by atoms with Gasteiger partial charge in [-0.1, -0.05) is 41.9 Å². The van der Waals surface area contributed by atoms with Gasteiger partial charge in [0.25, 0.3) is 0 Å². The summed E-state index contributed by atoms with van der Waals surface area (Å²) in [5.74, 6) is -0.254. The van der Waals surface area contributed by atoms with Crippen LogP contribution in [-0.2, 0) is 12.8 Å². The lowest BCUT2D eigenvalue weighted by Gasteiger charge is -2.29. The van der Waals surface area contributed by atoms with Gasteiger partial charge in [0.1, 0.15) is 5.82 Å². The second-order valence-electron chi connectivity index (χ2n) is 5.70. The first kappa shape index (κ1) is 14.6. The minimum absolute atomic E-state index is 0.0880.